The molecule has 4 amide bonds. The molecule has 0 aliphatic heterocycles. The average Bonchev–Trinajstić information content (AvgIpc) is 3.04. The van der Waals surface area contributed by atoms with Gasteiger partial charge in [-0.05, 0) is 111 Å². The summed E-state index contributed by atoms with van der Waals surface area (Å²) in [4.78, 5) is 51.0. The van der Waals surface area contributed by atoms with Crippen LogP contribution in [-0.2, 0) is 9.59 Å². The van der Waals surface area contributed by atoms with E-state index in [-0.39, 0.29) is 35.5 Å². The number of amides is 4. The van der Waals surface area contributed by atoms with Crippen LogP contribution in [0.3, 0.4) is 0 Å². The van der Waals surface area contributed by atoms with Gasteiger partial charge in [-0.1, -0.05) is 36.4 Å². The lowest BCUT2D eigenvalue weighted by Crippen LogP contribution is -2.32. The Bertz CT molecular complexity index is 1540. The monoisotopic (exact) mass is 588 g/mol. The third kappa shape index (κ3) is 7.58. The van der Waals surface area contributed by atoms with Crippen molar-refractivity contribution in [3.8, 4) is 0 Å². The smallest absolute Gasteiger partial charge is 0.255 e. The number of carbonyl (C=O) groups excluding carboxylic acids is 4. The Morgan fingerprint density at radius 3 is 1.20 bits per heavy atom. The fraction of sp³-hybridized carbons (Fsp3) is 0.222. The van der Waals surface area contributed by atoms with Crippen LogP contribution < -0.4 is 21.3 Å². The normalized spacial score (nSPS) is 16.0. The lowest BCUT2D eigenvalue weighted by Gasteiger charge is -2.27. The first kappa shape index (κ1) is 30.2. The Labute approximate surface area is 257 Å². The molecule has 8 heteroatoms. The summed E-state index contributed by atoms with van der Waals surface area (Å²) in [5.74, 6) is -0.851. The number of aryl methyl sites for hydroxylation is 2. The molecule has 0 aromatic heterocycles. The highest BCUT2D eigenvalue weighted by Crippen LogP contribution is 2.31. The van der Waals surface area contributed by atoms with Crippen molar-refractivity contribution >= 4 is 46.4 Å². The van der Waals surface area contributed by atoms with Crippen molar-refractivity contribution in [1.82, 2.24) is 0 Å². The molecule has 0 heterocycles. The Morgan fingerprint density at radius 1 is 0.500 bits per heavy atom. The van der Waals surface area contributed by atoms with E-state index in [1.165, 1.54) is 0 Å². The third-order valence-corrected chi connectivity index (χ3v) is 8.03. The highest BCUT2D eigenvalue weighted by atomic mass is 16.2. The van der Waals surface area contributed by atoms with Crippen LogP contribution in [0, 0.1) is 25.7 Å². The molecule has 1 saturated carbocycles. The van der Waals surface area contributed by atoms with Gasteiger partial charge in [0.05, 0.1) is 0 Å². The largest absolute Gasteiger partial charge is 0.326 e. The first-order valence-electron chi connectivity index (χ1n) is 14.8. The molecule has 1 fully saturated rings. The van der Waals surface area contributed by atoms with E-state index in [1.807, 2.05) is 62.4 Å². The van der Waals surface area contributed by atoms with Gasteiger partial charge >= 0.3 is 0 Å². The minimum atomic E-state index is -0.189. The summed E-state index contributed by atoms with van der Waals surface area (Å²) in [6, 6.07) is 28.8. The molecule has 1 aliphatic rings. The van der Waals surface area contributed by atoms with E-state index >= 15 is 0 Å². The van der Waals surface area contributed by atoms with Gasteiger partial charge in [-0.2, -0.15) is 0 Å². The summed E-state index contributed by atoms with van der Waals surface area (Å²) in [6.45, 7) is 3.77. The summed E-state index contributed by atoms with van der Waals surface area (Å²) in [7, 11) is 0. The Hall–Kier alpha value is -5.24. The highest BCUT2D eigenvalue weighted by Gasteiger charge is 2.30. The molecule has 1 aliphatic carbocycles. The first-order chi connectivity index (χ1) is 21.3. The zero-order chi connectivity index (χ0) is 31.1. The maximum atomic E-state index is 13.0. The van der Waals surface area contributed by atoms with Crippen molar-refractivity contribution < 1.29 is 19.2 Å². The molecule has 0 saturated heterocycles. The van der Waals surface area contributed by atoms with E-state index in [4.69, 9.17) is 0 Å². The van der Waals surface area contributed by atoms with Gasteiger partial charge in [0.1, 0.15) is 0 Å². The van der Waals surface area contributed by atoms with Gasteiger partial charge in [0.2, 0.25) is 11.8 Å². The first-order valence-corrected chi connectivity index (χ1v) is 14.8. The molecule has 8 nitrogen and oxygen atoms in total. The topological polar surface area (TPSA) is 116 Å². The van der Waals surface area contributed by atoms with Crippen molar-refractivity contribution in [2.24, 2.45) is 11.8 Å². The Balaban J connectivity index is 1.09. The molecule has 4 aromatic carbocycles. The SMILES string of the molecule is Cc1cc(NC(=O)C2CCC(C(=O)Nc3ccc(NC(=O)c4ccccc4)c(C)c3)CC2)ccc1NC(=O)c1ccccc1. The molecule has 0 spiro atoms. The number of hydrogen-bond acceptors (Lipinski definition) is 4. The minimum Gasteiger partial charge on any atom is -0.326 e. The number of carbonyl (C=O) groups is 4. The van der Waals surface area contributed by atoms with Gasteiger partial charge in [-0.3, -0.25) is 19.2 Å². The zero-order valence-electron chi connectivity index (χ0n) is 24.9. The summed E-state index contributed by atoms with van der Waals surface area (Å²) >= 11 is 0. The van der Waals surface area contributed by atoms with Gasteiger partial charge < -0.3 is 21.3 Å². The molecule has 0 atom stereocenters. The van der Waals surface area contributed by atoms with E-state index in [0.717, 1.165) is 11.1 Å². The van der Waals surface area contributed by atoms with Crippen LogP contribution in [0.5, 0.6) is 0 Å². The fourth-order valence-corrected chi connectivity index (χ4v) is 5.44. The number of nitrogens with one attached hydrogen (secondary N) is 4. The van der Waals surface area contributed by atoms with Crippen LogP contribution >= 0.6 is 0 Å². The third-order valence-electron chi connectivity index (χ3n) is 8.03. The molecule has 0 unspecified atom stereocenters. The van der Waals surface area contributed by atoms with Gasteiger partial charge in [0.15, 0.2) is 0 Å². The van der Waals surface area contributed by atoms with Crippen LogP contribution in [-0.4, -0.2) is 23.6 Å². The number of rotatable bonds is 8. The summed E-state index contributed by atoms with van der Waals surface area (Å²) < 4.78 is 0. The molecule has 4 aromatic rings. The minimum absolute atomic E-state index is 0.0620. The van der Waals surface area contributed by atoms with Crippen LogP contribution in [0.2, 0.25) is 0 Å². The lowest BCUT2D eigenvalue weighted by atomic mass is 9.81. The number of anilines is 4. The predicted molar refractivity (Wildman–Crippen MR) is 174 cm³/mol. The number of hydrogen-bond donors (Lipinski definition) is 4. The molecular weight excluding hydrogens is 552 g/mol. The Kier molecular flexibility index (Phi) is 9.49. The molecule has 224 valence electrons. The predicted octanol–water partition coefficient (Wildman–Crippen LogP) is 7.19. The van der Waals surface area contributed by atoms with Gasteiger partial charge in [-0.25, -0.2) is 0 Å². The van der Waals surface area contributed by atoms with Crippen LogP contribution in [0.4, 0.5) is 22.7 Å². The van der Waals surface area contributed by atoms with E-state index in [1.54, 1.807) is 48.5 Å². The van der Waals surface area contributed by atoms with E-state index in [9.17, 15) is 19.2 Å². The second-order valence-corrected chi connectivity index (χ2v) is 11.2. The second-order valence-electron chi connectivity index (χ2n) is 11.2. The van der Waals surface area contributed by atoms with E-state index in [2.05, 4.69) is 21.3 Å². The standard InChI is InChI=1S/C36H36N4O4/c1-23-21-29(17-19-31(23)39-35(43)25-9-5-3-6-10-25)37-33(41)27-13-15-28(16-14-27)34(42)38-30-18-20-32(24(2)22-30)40-36(44)26-11-7-4-8-12-26/h3-12,17-22,27-28H,13-16H2,1-2H3,(H,37,41)(H,38,42)(H,39,43)(H,40,44). The molecule has 5 rings (SSSR count). The maximum absolute atomic E-state index is 13.0. The molecule has 44 heavy (non-hydrogen) atoms. The summed E-state index contributed by atoms with van der Waals surface area (Å²) in [5, 5.41) is 11.8. The molecule has 0 bridgehead atoms. The van der Waals surface area contributed by atoms with Crippen molar-refractivity contribution in [3.63, 3.8) is 0 Å². The van der Waals surface area contributed by atoms with Gasteiger partial charge in [-0.15, -0.1) is 0 Å². The van der Waals surface area contributed by atoms with Gasteiger partial charge in [0.25, 0.3) is 11.8 Å². The zero-order valence-corrected chi connectivity index (χ0v) is 24.9. The quantitative estimate of drug-likeness (QED) is 0.174. The van der Waals surface area contributed by atoms with E-state index < -0.39 is 0 Å². The van der Waals surface area contributed by atoms with E-state index in [0.29, 0.717) is 59.6 Å². The Morgan fingerprint density at radius 2 is 0.864 bits per heavy atom. The lowest BCUT2D eigenvalue weighted by molar-refractivity contribution is -0.125. The van der Waals surface area contributed by atoms with Crippen molar-refractivity contribution in [1.29, 1.82) is 0 Å². The highest BCUT2D eigenvalue weighted by molar-refractivity contribution is 6.05. The second kappa shape index (κ2) is 13.8. The molecular formula is C36H36N4O4. The van der Waals surface area contributed by atoms with Crippen molar-refractivity contribution in [3.05, 3.63) is 119 Å². The van der Waals surface area contributed by atoms with Crippen molar-refractivity contribution in [2.45, 2.75) is 39.5 Å². The molecule has 0 radical (unpaired) electrons. The summed E-state index contributed by atoms with van der Waals surface area (Å²) in [5.41, 5.74) is 5.55. The van der Waals surface area contributed by atoms with Crippen LogP contribution in [0.1, 0.15) is 57.5 Å². The van der Waals surface area contributed by atoms with Crippen LogP contribution in [0.25, 0.3) is 0 Å². The number of benzene rings is 4. The maximum Gasteiger partial charge on any atom is 0.255 e. The van der Waals surface area contributed by atoms with Gasteiger partial charge in [0, 0.05) is 45.7 Å². The summed E-state index contributed by atoms with van der Waals surface area (Å²) in [6.07, 6.45) is 2.49. The average molecular weight is 589 g/mol. The fourth-order valence-electron chi connectivity index (χ4n) is 5.44. The van der Waals surface area contributed by atoms with Crippen LogP contribution in [0.15, 0.2) is 97.1 Å². The molecule has 4 N–H and O–H groups in total. The van der Waals surface area contributed by atoms with Crippen molar-refractivity contribution in [2.75, 3.05) is 21.3 Å².